The van der Waals surface area contributed by atoms with E-state index >= 15 is 0 Å². The number of hydrogen-bond donors (Lipinski definition) is 1. The maximum Gasteiger partial charge on any atom is 0.121 e. The summed E-state index contributed by atoms with van der Waals surface area (Å²) in [6, 6.07) is 0. The van der Waals surface area contributed by atoms with Crippen LogP contribution in [0.5, 0.6) is 0 Å². The molecule has 0 aromatic carbocycles. The summed E-state index contributed by atoms with van der Waals surface area (Å²) in [5.74, 6) is -0.103. The molecule has 0 amide bonds. The fourth-order valence-electron chi connectivity index (χ4n) is 1.34. The lowest BCUT2D eigenvalue weighted by Gasteiger charge is -2.12. The number of halogens is 1. The highest BCUT2D eigenvalue weighted by Crippen LogP contribution is 2.18. The maximum atomic E-state index is 13.1. The minimum Gasteiger partial charge on any atom is -0.309 e. The van der Waals surface area contributed by atoms with Crippen molar-refractivity contribution in [1.82, 2.24) is 0 Å². The SMILES string of the molecule is C=C(CC=C(C)C(C)C(=N)CC)C(F)=CC. The van der Waals surface area contributed by atoms with Crippen LogP contribution in [0.15, 0.2) is 35.7 Å². The summed E-state index contributed by atoms with van der Waals surface area (Å²) >= 11 is 0. The van der Waals surface area contributed by atoms with Gasteiger partial charge in [0.2, 0.25) is 0 Å². The summed E-state index contributed by atoms with van der Waals surface area (Å²) < 4.78 is 13.1. The Kier molecular flexibility index (Phi) is 6.63. The zero-order valence-corrected chi connectivity index (χ0v) is 10.7. The van der Waals surface area contributed by atoms with Crippen molar-refractivity contribution in [2.24, 2.45) is 5.92 Å². The largest absolute Gasteiger partial charge is 0.309 e. The van der Waals surface area contributed by atoms with Gasteiger partial charge in [-0.05, 0) is 32.3 Å². The van der Waals surface area contributed by atoms with Crippen LogP contribution in [-0.2, 0) is 0 Å². The van der Waals surface area contributed by atoms with Crippen molar-refractivity contribution in [2.45, 2.75) is 40.5 Å². The van der Waals surface area contributed by atoms with Crippen LogP contribution >= 0.6 is 0 Å². The maximum absolute atomic E-state index is 13.1. The first-order valence-corrected chi connectivity index (χ1v) is 5.67. The predicted octanol–water partition coefficient (Wildman–Crippen LogP) is 4.82. The Morgan fingerprint density at radius 1 is 1.50 bits per heavy atom. The van der Waals surface area contributed by atoms with Gasteiger partial charge in [0.1, 0.15) is 5.83 Å². The van der Waals surface area contributed by atoms with E-state index in [1.165, 1.54) is 6.08 Å². The van der Waals surface area contributed by atoms with E-state index in [0.717, 1.165) is 12.0 Å². The molecule has 16 heavy (non-hydrogen) atoms. The van der Waals surface area contributed by atoms with Crippen molar-refractivity contribution in [3.8, 4) is 0 Å². The minimum atomic E-state index is -0.248. The molecule has 0 spiro atoms. The second-order valence-electron chi connectivity index (χ2n) is 3.99. The number of rotatable bonds is 6. The highest BCUT2D eigenvalue weighted by atomic mass is 19.1. The van der Waals surface area contributed by atoms with Crippen LogP contribution < -0.4 is 0 Å². The third-order valence-electron chi connectivity index (χ3n) is 2.85. The Morgan fingerprint density at radius 2 is 2.06 bits per heavy atom. The zero-order valence-electron chi connectivity index (χ0n) is 10.7. The van der Waals surface area contributed by atoms with Gasteiger partial charge < -0.3 is 5.41 Å². The van der Waals surface area contributed by atoms with Gasteiger partial charge >= 0.3 is 0 Å². The molecule has 0 aromatic rings. The molecule has 1 atom stereocenters. The van der Waals surface area contributed by atoms with Gasteiger partial charge in [0.05, 0.1) is 0 Å². The number of hydrogen-bond acceptors (Lipinski definition) is 1. The summed E-state index contributed by atoms with van der Waals surface area (Å²) in [6.07, 6.45) is 4.66. The molecule has 0 bridgehead atoms. The van der Waals surface area contributed by atoms with Gasteiger partial charge in [0, 0.05) is 11.6 Å². The highest BCUT2D eigenvalue weighted by molar-refractivity contribution is 5.85. The van der Waals surface area contributed by atoms with E-state index in [9.17, 15) is 4.39 Å². The van der Waals surface area contributed by atoms with E-state index in [2.05, 4.69) is 6.58 Å². The molecule has 2 heteroatoms. The van der Waals surface area contributed by atoms with E-state index in [1.54, 1.807) is 6.92 Å². The van der Waals surface area contributed by atoms with E-state index in [4.69, 9.17) is 5.41 Å². The third-order valence-corrected chi connectivity index (χ3v) is 2.85. The molecule has 0 fully saturated rings. The van der Waals surface area contributed by atoms with E-state index in [0.29, 0.717) is 17.7 Å². The quantitative estimate of drug-likeness (QED) is 0.379. The van der Waals surface area contributed by atoms with Crippen molar-refractivity contribution >= 4 is 5.71 Å². The molecular weight excluding hydrogens is 201 g/mol. The van der Waals surface area contributed by atoms with Crippen molar-refractivity contribution in [3.05, 3.63) is 35.7 Å². The molecule has 0 rings (SSSR count). The molecule has 1 N–H and O–H groups in total. The fraction of sp³-hybridized carbons (Fsp3) is 0.500. The van der Waals surface area contributed by atoms with Crippen molar-refractivity contribution in [1.29, 1.82) is 5.41 Å². The minimum absolute atomic E-state index is 0.145. The Labute approximate surface area is 98.3 Å². The third kappa shape index (κ3) is 4.56. The van der Waals surface area contributed by atoms with Gasteiger partial charge in [0.25, 0.3) is 0 Å². The topological polar surface area (TPSA) is 23.9 Å². The molecule has 0 heterocycles. The molecule has 0 aliphatic carbocycles. The van der Waals surface area contributed by atoms with Crippen LogP contribution in [0, 0.1) is 11.3 Å². The molecule has 0 aliphatic heterocycles. The monoisotopic (exact) mass is 223 g/mol. The number of nitrogens with one attached hydrogen (secondary N) is 1. The van der Waals surface area contributed by atoms with Gasteiger partial charge in [-0.2, -0.15) is 0 Å². The summed E-state index contributed by atoms with van der Waals surface area (Å²) in [5, 5.41) is 7.73. The molecule has 1 unspecified atom stereocenters. The summed E-state index contributed by atoms with van der Waals surface area (Å²) in [6.45, 7) is 11.3. The lowest BCUT2D eigenvalue weighted by Crippen LogP contribution is -2.09. The van der Waals surface area contributed by atoms with Crippen LogP contribution in [0.3, 0.4) is 0 Å². The van der Waals surface area contributed by atoms with Gasteiger partial charge in [-0.25, -0.2) is 4.39 Å². The van der Waals surface area contributed by atoms with Crippen LogP contribution in [0.4, 0.5) is 4.39 Å². The predicted molar refractivity (Wildman–Crippen MR) is 69.6 cm³/mol. The molecule has 0 aromatic heterocycles. The number of allylic oxidation sites excluding steroid dienone is 5. The van der Waals surface area contributed by atoms with E-state index in [-0.39, 0.29) is 11.7 Å². The first-order chi connectivity index (χ1) is 7.43. The molecule has 0 aliphatic rings. The Bertz CT molecular complexity index is 324. The average molecular weight is 223 g/mol. The highest BCUT2D eigenvalue weighted by Gasteiger charge is 2.08. The Hall–Kier alpha value is -1.18. The Morgan fingerprint density at radius 3 is 2.50 bits per heavy atom. The zero-order chi connectivity index (χ0) is 12.7. The lowest BCUT2D eigenvalue weighted by atomic mass is 9.94. The molecule has 0 radical (unpaired) electrons. The smallest absolute Gasteiger partial charge is 0.121 e. The standard InChI is InChI=1S/C14H22FN/c1-6-13(15)11(4)9-8-10(3)12(5)14(16)7-2/h6,8,12,16H,4,7,9H2,1-3,5H3. The summed E-state index contributed by atoms with van der Waals surface area (Å²) in [7, 11) is 0. The summed E-state index contributed by atoms with van der Waals surface area (Å²) in [5.41, 5.74) is 2.32. The normalized spacial score (nSPS) is 14.8. The van der Waals surface area contributed by atoms with Crippen LogP contribution in [-0.4, -0.2) is 5.71 Å². The molecule has 0 saturated carbocycles. The second-order valence-corrected chi connectivity index (χ2v) is 3.99. The average Bonchev–Trinajstić information content (AvgIpc) is 2.32. The van der Waals surface area contributed by atoms with Crippen molar-refractivity contribution in [2.75, 3.05) is 0 Å². The van der Waals surface area contributed by atoms with Crippen LogP contribution in [0.1, 0.15) is 40.5 Å². The van der Waals surface area contributed by atoms with Gasteiger partial charge in [0.15, 0.2) is 0 Å². The molecule has 90 valence electrons. The second kappa shape index (κ2) is 7.15. The molecule has 1 nitrogen and oxygen atoms in total. The first-order valence-electron chi connectivity index (χ1n) is 5.67. The molecule has 0 saturated heterocycles. The lowest BCUT2D eigenvalue weighted by molar-refractivity contribution is 0.645. The molecular formula is C14H22FN. The Balaban J connectivity index is 4.46. The van der Waals surface area contributed by atoms with Gasteiger partial charge in [-0.1, -0.05) is 38.2 Å². The van der Waals surface area contributed by atoms with Gasteiger partial charge in [-0.3, -0.25) is 0 Å². The summed E-state index contributed by atoms with van der Waals surface area (Å²) in [4.78, 5) is 0. The van der Waals surface area contributed by atoms with Crippen LogP contribution in [0.2, 0.25) is 0 Å². The first kappa shape index (κ1) is 14.8. The van der Waals surface area contributed by atoms with Crippen molar-refractivity contribution in [3.63, 3.8) is 0 Å². The van der Waals surface area contributed by atoms with Crippen molar-refractivity contribution < 1.29 is 4.39 Å². The van der Waals surface area contributed by atoms with E-state index in [1.807, 2.05) is 26.8 Å². The van der Waals surface area contributed by atoms with Gasteiger partial charge in [-0.15, -0.1) is 0 Å². The van der Waals surface area contributed by atoms with Crippen LogP contribution in [0.25, 0.3) is 0 Å². The fourth-order valence-corrected chi connectivity index (χ4v) is 1.34. The van der Waals surface area contributed by atoms with E-state index < -0.39 is 0 Å².